The van der Waals surface area contributed by atoms with E-state index in [-0.39, 0.29) is 17.5 Å². The zero-order valence-electron chi connectivity index (χ0n) is 7.17. The molecule has 0 aromatic heterocycles. The van der Waals surface area contributed by atoms with E-state index in [0.717, 1.165) is 5.56 Å². The van der Waals surface area contributed by atoms with Crippen LogP contribution in [0, 0.1) is 12.7 Å². The molecule has 1 N–H and O–H groups in total. The van der Waals surface area contributed by atoms with Crippen LogP contribution in [0.1, 0.15) is 5.56 Å². The number of hydrogen-bond donors (Lipinski definition) is 2. The van der Waals surface area contributed by atoms with E-state index in [1.165, 1.54) is 12.1 Å². The predicted molar refractivity (Wildman–Crippen MR) is 53.6 cm³/mol. The summed E-state index contributed by atoms with van der Waals surface area (Å²) < 4.78 is 12.8. The third kappa shape index (κ3) is 3.06. The number of benzene rings is 1. The van der Waals surface area contributed by atoms with E-state index < -0.39 is 0 Å². The predicted octanol–water partition coefficient (Wildman–Crippen LogP) is 2.00. The molecule has 0 saturated carbocycles. The van der Waals surface area contributed by atoms with E-state index in [9.17, 15) is 9.18 Å². The van der Waals surface area contributed by atoms with Crippen LogP contribution >= 0.6 is 12.6 Å². The lowest BCUT2D eigenvalue weighted by atomic mass is 10.2. The molecule has 0 radical (unpaired) electrons. The maximum atomic E-state index is 12.8. The molecular formula is C9H10FNOS. The zero-order valence-corrected chi connectivity index (χ0v) is 8.07. The maximum absolute atomic E-state index is 12.8. The summed E-state index contributed by atoms with van der Waals surface area (Å²) in [5.41, 5.74) is 1.24. The molecule has 1 aromatic rings. The molecule has 0 unspecified atom stereocenters. The number of carbonyl (C=O) groups is 1. The van der Waals surface area contributed by atoms with Crippen molar-refractivity contribution >= 4 is 24.2 Å². The molecule has 2 nitrogen and oxygen atoms in total. The Bertz CT molecular complexity index is 307. The van der Waals surface area contributed by atoms with Gasteiger partial charge in [-0.25, -0.2) is 4.39 Å². The summed E-state index contributed by atoms with van der Waals surface area (Å²) in [5.74, 6) is -0.502. The number of rotatable bonds is 2. The third-order valence-electron chi connectivity index (χ3n) is 1.47. The molecule has 0 aliphatic carbocycles. The van der Waals surface area contributed by atoms with Gasteiger partial charge in [0, 0.05) is 5.69 Å². The van der Waals surface area contributed by atoms with Gasteiger partial charge in [-0.1, -0.05) is 0 Å². The van der Waals surface area contributed by atoms with Gasteiger partial charge in [0.05, 0.1) is 5.75 Å². The number of hydrogen-bond acceptors (Lipinski definition) is 2. The number of anilines is 1. The van der Waals surface area contributed by atoms with Crippen LogP contribution in [0.15, 0.2) is 18.2 Å². The summed E-state index contributed by atoms with van der Waals surface area (Å²) in [4.78, 5) is 10.9. The largest absolute Gasteiger partial charge is 0.325 e. The van der Waals surface area contributed by atoms with E-state index in [4.69, 9.17) is 0 Å². The molecule has 1 amide bonds. The van der Waals surface area contributed by atoms with Crippen molar-refractivity contribution in [2.75, 3.05) is 11.1 Å². The second kappa shape index (κ2) is 4.28. The highest BCUT2D eigenvalue weighted by atomic mass is 32.1. The van der Waals surface area contributed by atoms with E-state index in [1.54, 1.807) is 13.0 Å². The van der Waals surface area contributed by atoms with Crippen LogP contribution in [0.3, 0.4) is 0 Å². The van der Waals surface area contributed by atoms with Gasteiger partial charge in [0.1, 0.15) is 5.82 Å². The molecule has 0 spiro atoms. The number of aryl methyl sites for hydroxylation is 1. The highest BCUT2D eigenvalue weighted by Gasteiger charge is 2.01. The molecule has 0 saturated heterocycles. The molecule has 1 aromatic carbocycles. The van der Waals surface area contributed by atoms with Gasteiger partial charge in [0.2, 0.25) is 5.91 Å². The molecular weight excluding hydrogens is 189 g/mol. The van der Waals surface area contributed by atoms with Crippen molar-refractivity contribution in [3.63, 3.8) is 0 Å². The van der Waals surface area contributed by atoms with E-state index >= 15 is 0 Å². The number of nitrogens with one attached hydrogen (secondary N) is 1. The molecule has 1 rings (SSSR count). The van der Waals surface area contributed by atoms with Gasteiger partial charge in [-0.15, -0.1) is 0 Å². The molecule has 0 atom stereocenters. The van der Waals surface area contributed by atoms with Crippen molar-refractivity contribution in [2.24, 2.45) is 0 Å². The molecule has 13 heavy (non-hydrogen) atoms. The molecule has 0 fully saturated rings. The molecule has 0 aliphatic rings. The first-order chi connectivity index (χ1) is 6.11. The Labute approximate surface area is 81.6 Å². The highest BCUT2D eigenvalue weighted by molar-refractivity contribution is 7.81. The van der Waals surface area contributed by atoms with Crippen molar-refractivity contribution in [3.05, 3.63) is 29.6 Å². The van der Waals surface area contributed by atoms with Crippen molar-refractivity contribution in [2.45, 2.75) is 6.92 Å². The van der Waals surface area contributed by atoms with Gasteiger partial charge in [-0.2, -0.15) is 12.6 Å². The van der Waals surface area contributed by atoms with E-state index in [2.05, 4.69) is 17.9 Å². The Hall–Kier alpha value is -1.03. The van der Waals surface area contributed by atoms with Crippen LogP contribution in [-0.4, -0.2) is 11.7 Å². The fraction of sp³-hybridized carbons (Fsp3) is 0.222. The van der Waals surface area contributed by atoms with Crippen LogP contribution in [0.5, 0.6) is 0 Å². The Morgan fingerprint density at radius 3 is 2.77 bits per heavy atom. The lowest BCUT2D eigenvalue weighted by molar-refractivity contribution is -0.113. The standard InChI is InChI=1S/C9H10FNOS/c1-6-2-7(10)4-8(3-6)11-9(12)5-13/h2-4,13H,5H2,1H3,(H,11,12). The van der Waals surface area contributed by atoms with Gasteiger partial charge < -0.3 is 5.32 Å². The summed E-state index contributed by atoms with van der Waals surface area (Å²) in [5, 5.41) is 2.52. The highest BCUT2D eigenvalue weighted by Crippen LogP contribution is 2.12. The van der Waals surface area contributed by atoms with E-state index in [0.29, 0.717) is 5.69 Å². The van der Waals surface area contributed by atoms with Crippen LogP contribution in [0.4, 0.5) is 10.1 Å². The molecule has 70 valence electrons. The average Bonchev–Trinajstić information content (AvgIpc) is 2.02. The smallest absolute Gasteiger partial charge is 0.234 e. The number of carbonyl (C=O) groups excluding carboxylic acids is 1. The van der Waals surface area contributed by atoms with Gasteiger partial charge in [-0.3, -0.25) is 4.79 Å². The summed E-state index contributed by atoms with van der Waals surface area (Å²) in [6.45, 7) is 1.76. The van der Waals surface area contributed by atoms with Crippen LogP contribution in [-0.2, 0) is 4.79 Å². The van der Waals surface area contributed by atoms with E-state index in [1.807, 2.05) is 0 Å². The Balaban J connectivity index is 2.83. The number of thiol groups is 1. The van der Waals surface area contributed by atoms with Gasteiger partial charge in [-0.05, 0) is 30.7 Å². The average molecular weight is 199 g/mol. The molecule has 0 bridgehead atoms. The van der Waals surface area contributed by atoms with Crippen molar-refractivity contribution in [1.29, 1.82) is 0 Å². The zero-order chi connectivity index (χ0) is 9.84. The first kappa shape index (κ1) is 10.1. The SMILES string of the molecule is Cc1cc(F)cc(NC(=O)CS)c1. The lowest BCUT2D eigenvalue weighted by Gasteiger charge is -2.04. The Kier molecular flexibility index (Phi) is 3.31. The second-order valence-corrected chi connectivity index (χ2v) is 3.04. The van der Waals surface area contributed by atoms with Crippen LogP contribution < -0.4 is 5.32 Å². The minimum absolute atomic E-state index is 0.0928. The maximum Gasteiger partial charge on any atom is 0.234 e. The fourth-order valence-electron chi connectivity index (χ4n) is 1.01. The Morgan fingerprint density at radius 1 is 1.54 bits per heavy atom. The third-order valence-corrected chi connectivity index (χ3v) is 1.76. The van der Waals surface area contributed by atoms with Crippen molar-refractivity contribution in [3.8, 4) is 0 Å². The Morgan fingerprint density at radius 2 is 2.23 bits per heavy atom. The summed E-state index contributed by atoms with van der Waals surface area (Å²) in [6, 6.07) is 4.37. The van der Waals surface area contributed by atoms with Crippen molar-refractivity contribution in [1.82, 2.24) is 0 Å². The summed E-state index contributed by atoms with van der Waals surface area (Å²) in [7, 11) is 0. The quantitative estimate of drug-likeness (QED) is 0.701. The van der Waals surface area contributed by atoms with Crippen LogP contribution in [0.25, 0.3) is 0 Å². The molecule has 0 heterocycles. The normalized spacial score (nSPS) is 9.77. The first-order valence-corrected chi connectivity index (χ1v) is 4.43. The van der Waals surface area contributed by atoms with Gasteiger partial charge in [0.25, 0.3) is 0 Å². The van der Waals surface area contributed by atoms with Crippen molar-refractivity contribution < 1.29 is 9.18 Å². The fourth-order valence-corrected chi connectivity index (χ4v) is 1.09. The summed E-state index contributed by atoms with van der Waals surface area (Å²) >= 11 is 3.79. The minimum atomic E-state index is -0.352. The monoisotopic (exact) mass is 199 g/mol. The molecule has 0 aliphatic heterocycles. The second-order valence-electron chi connectivity index (χ2n) is 2.72. The lowest BCUT2D eigenvalue weighted by Crippen LogP contribution is -2.12. The minimum Gasteiger partial charge on any atom is -0.325 e. The topological polar surface area (TPSA) is 29.1 Å². The molecule has 4 heteroatoms. The first-order valence-electron chi connectivity index (χ1n) is 3.79. The van der Waals surface area contributed by atoms with Gasteiger partial charge in [0.15, 0.2) is 0 Å². The summed E-state index contributed by atoms with van der Waals surface area (Å²) in [6.07, 6.45) is 0. The van der Waals surface area contributed by atoms with Crippen LogP contribution in [0.2, 0.25) is 0 Å². The number of amides is 1. The van der Waals surface area contributed by atoms with Gasteiger partial charge >= 0.3 is 0 Å². The number of halogens is 1.